The lowest BCUT2D eigenvalue weighted by Gasteiger charge is -2.32. The van der Waals surface area contributed by atoms with Crippen LogP contribution in [0.25, 0.3) is 4.85 Å². The van der Waals surface area contributed by atoms with Crippen molar-refractivity contribution in [1.82, 2.24) is 0 Å². The van der Waals surface area contributed by atoms with Crippen LogP contribution in [0.5, 0.6) is 0 Å². The molecule has 1 heterocycles. The Labute approximate surface area is 111 Å². The van der Waals surface area contributed by atoms with Crippen LogP contribution in [0.2, 0.25) is 0 Å². The monoisotopic (exact) mass is 247 g/mol. The third-order valence-corrected chi connectivity index (χ3v) is 4.58. The smallest absolute Gasteiger partial charge is 0.400 e. The summed E-state index contributed by atoms with van der Waals surface area (Å²) in [6, 6.07) is 0. The van der Waals surface area contributed by atoms with Crippen molar-refractivity contribution in [2.75, 3.05) is 0 Å². The highest BCUT2D eigenvalue weighted by atomic mass is 16.7. The van der Waals surface area contributed by atoms with Gasteiger partial charge in [-0.15, -0.1) is 0 Å². The Morgan fingerprint density at radius 2 is 1.72 bits per heavy atom. The van der Waals surface area contributed by atoms with Crippen molar-refractivity contribution in [2.24, 2.45) is 0 Å². The Balaban J connectivity index is 2.11. The molecule has 1 unspecified atom stereocenters. The van der Waals surface area contributed by atoms with Crippen LogP contribution in [0.1, 0.15) is 53.9 Å². The van der Waals surface area contributed by atoms with Crippen molar-refractivity contribution in [3.05, 3.63) is 23.0 Å². The standard InChI is InChI=1S/C14H22BNO2/c1-12(2)13(3,4)18-15(17-12)11-7-9-14(5,16-6)10-8-11/h7H,8-10H2,1-5H3. The van der Waals surface area contributed by atoms with Gasteiger partial charge in [-0.05, 0) is 39.6 Å². The van der Waals surface area contributed by atoms with Crippen LogP contribution in [-0.4, -0.2) is 23.9 Å². The van der Waals surface area contributed by atoms with Gasteiger partial charge in [0, 0.05) is 19.8 Å². The maximum atomic E-state index is 7.23. The van der Waals surface area contributed by atoms with E-state index in [4.69, 9.17) is 15.9 Å². The summed E-state index contributed by atoms with van der Waals surface area (Å²) in [5, 5.41) is 0. The van der Waals surface area contributed by atoms with Gasteiger partial charge >= 0.3 is 7.12 Å². The molecule has 0 N–H and O–H groups in total. The third kappa shape index (κ3) is 2.22. The molecule has 1 atom stereocenters. The molecular formula is C14H22BNO2. The summed E-state index contributed by atoms with van der Waals surface area (Å²) in [5.41, 5.74) is 0.417. The SMILES string of the molecule is [C-]#[N+]C1(C)CC=C(B2OC(C)(C)C(C)(C)O2)CC1. The molecule has 0 amide bonds. The van der Waals surface area contributed by atoms with Gasteiger partial charge in [0.2, 0.25) is 5.54 Å². The second-order valence-corrected chi connectivity index (χ2v) is 6.68. The zero-order chi connectivity index (χ0) is 13.6. The minimum Gasteiger partial charge on any atom is -0.400 e. The van der Waals surface area contributed by atoms with E-state index in [1.807, 2.05) is 6.92 Å². The molecule has 0 aromatic heterocycles. The van der Waals surface area contributed by atoms with Crippen LogP contribution < -0.4 is 0 Å². The number of allylic oxidation sites excluding steroid dienone is 1. The van der Waals surface area contributed by atoms with Gasteiger partial charge in [0.1, 0.15) is 0 Å². The molecule has 1 fully saturated rings. The molecule has 2 rings (SSSR count). The zero-order valence-corrected chi connectivity index (χ0v) is 12.0. The summed E-state index contributed by atoms with van der Waals surface area (Å²) in [7, 11) is -0.231. The number of nitrogens with zero attached hydrogens (tertiary/aromatic N) is 1. The highest BCUT2D eigenvalue weighted by Crippen LogP contribution is 2.41. The van der Waals surface area contributed by atoms with Gasteiger partial charge in [0.05, 0.1) is 11.2 Å². The summed E-state index contributed by atoms with van der Waals surface area (Å²) in [6.07, 6.45) is 4.74. The van der Waals surface area contributed by atoms with Crippen LogP contribution in [0.3, 0.4) is 0 Å². The van der Waals surface area contributed by atoms with Crippen LogP contribution in [0, 0.1) is 6.57 Å². The van der Waals surface area contributed by atoms with Crippen LogP contribution in [-0.2, 0) is 9.31 Å². The summed E-state index contributed by atoms with van der Waals surface area (Å²) >= 11 is 0. The van der Waals surface area contributed by atoms with Gasteiger partial charge < -0.3 is 14.2 Å². The van der Waals surface area contributed by atoms with Crippen molar-refractivity contribution in [3.8, 4) is 0 Å². The maximum absolute atomic E-state index is 7.23. The average Bonchev–Trinajstić information content (AvgIpc) is 2.49. The van der Waals surface area contributed by atoms with Crippen molar-refractivity contribution in [2.45, 2.75) is 70.6 Å². The van der Waals surface area contributed by atoms with E-state index in [0.29, 0.717) is 0 Å². The lowest BCUT2D eigenvalue weighted by molar-refractivity contribution is 0.00578. The Morgan fingerprint density at radius 1 is 1.17 bits per heavy atom. The second kappa shape index (κ2) is 4.11. The second-order valence-electron chi connectivity index (χ2n) is 6.68. The lowest BCUT2D eigenvalue weighted by Crippen LogP contribution is -2.41. The molecule has 3 nitrogen and oxygen atoms in total. The quantitative estimate of drug-likeness (QED) is 0.523. The molecule has 1 aliphatic carbocycles. The third-order valence-electron chi connectivity index (χ3n) is 4.58. The molecule has 1 saturated heterocycles. The van der Waals surface area contributed by atoms with E-state index in [-0.39, 0.29) is 23.9 Å². The van der Waals surface area contributed by atoms with Crippen LogP contribution in [0.15, 0.2) is 11.5 Å². The molecule has 1 aliphatic heterocycles. The molecule has 0 aromatic rings. The van der Waals surface area contributed by atoms with Crippen molar-refractivity contribution in [3.63, 3.8) is 0 Å². The van der Waals surface area contributed by atoms with Gasteiger partial charge in [0.25, 0.3) is 0 Å². The highest BCUT2D eigenvalue weighted by Gasteiger charge is 2.53. The topological polar surface area (TPSA) is 22.8 Å². The molecule has 98 valence electrons. The first-order chi connectivity index (χ1) is 8.19. The summed E-state index contributed by atoms with van der Waals surface area (Å²) in [6.45, 7) is 17.5. The molecule has 0 spiro atoms. The molecule has 0 saturated carbocycles. The average molecular weight is 247 g/mol. The Bertz CT molecular complexity index is 406. The molecule has 0 radical (unpaired) electrons. The predicted molar refractivity (Wildman–Crippen MR) is 73.0 cm³/mol. The Hall–Kier alpha value is -0.785. The highest BCUT2D eigenvalue weighted by molar-refractivity contribution is 6.54. The van der Waals surface area contributed by atoms with Gasteiger partial charge in [-0.1, -0.05) is 6.08 Å². The number of rotatable bonds is 1. The fraction of sp³-hybridized carbons (Fsp3) is 0.786. The van der Waals surface area contributed by atoms with E-state index in [1.54, 1.807) is 0 Å². The summed E-state index contributed by atoms with van der Waals surface area (Å²) in [4.78, 5) is 3.72. The molecule has 0 aromatic carbocycles. The van der Waals surface area contributed by atoms with Crippen molar-refractivity contribution >= 4 is 7.12 Å². The first-order valence-electron chi connectivity index (χ1n) is 6.62. The molecular weight excluding hydrogens is 225 g/mol. The van der Waals surface area contributed by atoms with E-state index >= 15 is 0 Å². The zero-order valence-electron chi connectivity index (χ0n) is 12.0. The summed E-state index contributed by atoms with van der Waals surface area (Å²) < 4.78 is 12.1. The Kier molecular flexibility index (Phi) is 3.12. The van der Waals surface area contributed by atoms with Crippen molar-refractivity contribution < 1.29 is 9.31 Å². The number of hydrogen-bond donors (Lipinski definition) is 0. The van der Waals surface area contributed by atoms with Gasteiger partial charge in [-0.3, -0.25) is 0 Å². The van der Waals surface area contributed by atoms with Gasteiger partial charge in [0.15, 0.2) is 0 Å². The van der Waals surface area contributed by atoms with Gasteiger partial charge in [-0.2, -0.15) is 0 Å². The fourth-order valence-corrected chi connectivity index (χ4v) is 2.28. The molecule has 2 aliphatic rings. The first kappa shape index (κ1) is 13.6. The van der Waals surface area contributed by atoms with E-state index in [0.717, 1.165) is 19.3 Å². The van der Waals surface area contributed by atoms with Crippen LogP contribution in [0.4, 0.5) is 0 Å². The largest absolute Gasteiger partial charge is 0.490 e. The van der Waals surface area contributed by atoms with E-state index in [9.17, 15) is 0 Å². The van der Waals surface area contributed by atoms with Gasteiger partial charge in [-0.25, -0.2) is 6.57 Å². The first-order valence-corrected chi connectivity index (χ1v) is 6.62. The normalized spacial score (nSPS) is 34.0. The molecule has 0 bridgehead atoms. The van der Waals surface area contributed by atoms with E-state index in [2.05, 4.69) is 38.6 Å². The Morgan fingerprint density at radius 3 is 2.11 bits per heavy atom. The molecule has 4 heteroatoms. The molecule has 18 heavy (non-hydrogen) atoms. The summed E-state index contributed by atoms with van der Waals surface area (Å²) in [5.74, 6) is 0. The minimum absolute atomic E-state index is 0.229. The minimum atomic E-state index is -0.279. The van der Waals surface area contributed by atoms with E-state index in [1.165, 1.54) is 5.47 Å². The maximum Gasteiger partial charge on any atom is 0.490 e. The number of hydrogen-bond acceptors (Lipinski definition) is 2. The van der Waals surface area contributed by atoms with E-state index < -0.39 is 0 Å². The van der Waals surface area contributed by atoms with Crippen LogP contribution >= 0.6 is 0 Å². The fourth-order valence-electron chi connectivity index (χ4n) is 2.28. The van der Waals surface area contributed by atoms with Crippen molar-refractivity contribution in [1.29, 1.82) is 0 Å². The predicted octanol–water partition coefficient (Wildman–Crippen LogP) is 3.41. The lowest BCUT2D eigenvalue weighted by atomic mass is 9.69.